The van der Waals surface area contributed by atoms with E-state index in [1.165, 1.54) is 45.3 Å². The van der Waals surface area contributed by atoms with Gasteiger partial charge < -0.3 is 5.32 Å². The highest BCUT2D eigenvalue weighted by Gasteiger charge is 2.39. The molecule has 2 nitrogen and oxygen atoms in total. The largest absolute Gasteiger partial charge is 0.312 e. The normalized spacial score (nSPS) is 47.8. The number of hydrogen-bond acceptors (Lipinski definition) is 2. The van der Waals surface area contributed by atoms with Crippen molar-refractivity contribution in [3.63, 3.8) is 0 Å². The predicted molar refractivity (Wildman–Crippen MR) is 58.3 cm³/mol. The minimum Gasteiger partial charge on any atom is -0.312 e. The Morgan fingerprint density at radius 2 is 2.21 bits per heavy atom. The van der Waals surface area contributed by atoms with Crippen LogP contribution in [0.15, 0.2) is 0 Å². The summed E-state index contributed by atoms with van der Waals surface area (Å²) in [5.74, 6) is 1.95. The van der Waals surface area contributed by atoms with Gasteiger partial charge in [0, 0.05) is 25.2 Å². The minimum absolute atomic E-state index is 0.786. The standard InChI is InChI=1S/C12H22N2/c1-9-4-5-13-12(9)8-14-7-10-2-3-11(14)6-10/h9-13H,2-8H2,1H3. The summed E-state index contributed by atoms with van der Waals surface area (Å²) in [6, 6.07) is 1.74. The van der Waals surface area contributed by atoms with Crippen molar-refractivity contribution in [1.82, 2.24) is 10.2 Å². The van der Waals surface area contributed by atoms with E-state index in [2.05, 4.69) is 17.1 Å². The fourth-order valence-corrected chi connectivity index (χ4v) is 3.65. The first-order valence-electron chi connectivity index (χ1n) is 6.30. The van der Waals surface area contributed by atoms with Crippen molar-refractivity contribution in [1.29, 1.82) is 0 Å². The van der Waals surface area contributed by atoms with Gasteiger partial charge in [-0.2, -0.15) is 0 Å². The zero-order valence-electron chi connectivity index (χ0n) is 9.21. The van der Waals surface area contributed by atoms with E-state index in [0.29, 0.717) is 0 Å². The second kappa shape index (κ2) is 3.49. The summed E-state index contributed by atoms with van der Waals surface area (Å²) in [4.78, 5) is 2.76. The van der Waals surface area contributed by atoms with Crippen LogP contribution in [0.5, 0.6) is 0 Å². The molecule has 14 heavy (non-hydrogen) atoms. The Kier molecular flexibility index (Phi) is 2.29. The van der Waals surface area contributed by atoms with Crippen molar-refractivity contribution in [3.8, 4) is 0 Å². The molecule has 0 aromatic heterocycles. The lowest BCUT2D eigenvalue weighted by Crippen LogP contribution is -2.43. The Hall–Kier alpha value is -0.0800. The second-order valence-corrected chi connectivity index (χ2v) is 5.61. The van der Waals surface area contributed by atoms with Crippen LogP contribution in [0.1, 0.15) is 32.6 Å². The first kappa shape index (κ1) is 9.17. The zero-order valence-corrected chi connectivity index (χ0v) is 9.21. The lowest BCUT2D eigenvalue weighted by molar-refractivity contribution is 0.186. The van der Waals surface area contributed by atoms with Crippen molar-refractivity contribution in [3.05, 3.63) is 0 Å². The molecule has 0 amide bonds. The molecule has 3 fully saturated rings. The Morgan fingerprint density at radius 3 is 2.79 bits per heavy atom. The van der Waals surface area contributed by atoms with Gasteiger partial charge in [-0.15, -0.1) is 0 Å². The predicted octanol–water partition coefficient (Wildman–Crippen LogP) is 1.47. The highest BCUT2D eigenvalue weighted by Crippen LogP contribution is 2.37. The van der Waals surface area contributed by atoms with Gasteiger partial charge in [-0.1, -0.05) is 6.92 Å². The highest BCUT2D eigenvalue weighted by molar-refractivity contribution is 4.95. The molecule has 1 N–H and O–H groups in total. The number of nitrogens with one attached hydrogen (secondary N) is 1. The number of likely N-dealkylation sites (tertiary alicyclic amines) is 1. The summed E-state index contributed by atoms with van der Waals surface area (Å²) in [7, 11) is 0. The molecule has 4 unspecified atom stereocenters. The molecule has 2 heterocycles. The average molecular weight is 194 g/mol. The summed E-state index contributed by atoms with van der Waals surface area (Å²) in [5, 5.41) is 3.65. The van der Waals surface area contributed by atoms with Crippen molar-refractivity contribution >= 4 is 0 Å². The molecule has 0 spiro atoms. The van der Waals surface area contributed by atoms with E-state index in [9.17, 15) is 0 Å². The SMILES string of the molecule is CC1CCNC1CN1CC2CCC1C2. The van der Waals surface area contributed by atoms with Gasteiger partial charge >= 0.3 is 0 Å². The van der Waals surface area contributed by atoms with Crippen LogP contribution in [0.3, 0.4) is 0 Å². The second-order valence-electron chi connectivity index (χ2n) is 5.61. The number of rotatable bonds is 2. The van der Waals surface area contributed by atoms with Gasteiger partial charge in [-0.3, -0.25) is 4.90 Å². The fraction of sp³-hybridized carbons (Fsp3) is 1.00. The maximum absolute atomic E-state index is 3.65. The Bertz CT molecular complexity index is 216. The van der Waals surface area contributed by atoms with Crippen molar-refractivity contribution in [2.24, 2.45) is 11.8 Å². The number of fused-ring (bicyclic) bond motifs is 2. The van der Waals surface area contributed by atoms with Crippen molar-refractivity contribution < 1.29 is 0 Å². The number of nitrogens with zero attached hydrogens (tertiary/aromatic N) is 1. The summed E-state index contributed by atoms with van der Waals surface area (Å²) >= 11 is 0. The summed E-state index contributed by atoms with van der Waals surface area (Å²) < 4.78 is 0. The summed E-state index contributed by atoms with van der Waals surface area (Å²) in [5.41, 5.74) is 0. The molecule has 0 radical (unpaired) electrons. The summed E-state index contributed by atoms with van der Waals surface area (Å²) in [6.45, 7) is 6.37. The molecular weight excluding hydrogens is 172 g/mol. The van der Waals surface area contributed by atoms with Crippen molar-refractivity contribution in [2.75, 3.05) is 19.6 Å². The number of piperidine rings is 1. The highest BCUT2D eigenvalue weighted by atomic mass is 15.2. The Labute approximate surface area is 87.0 Å². The van der Waals surface area contributed by atoms with Gasteiger partial charge in [0.05, 0.1) is 0 Å². The third kappa shape index (κ3) is 1.49. The first-order valence-corrected chi connectivity index (χ1v) is 6.30. The Morgan fingerprint density at radius 1 is 1.29 bits per heavy atom. The maximum atomic E-state index is 3.65. The van der Waals surface area contributed by atoms with Crippen LogP contribution in [0.2, 0.25) is 0 Å². The van der Waals surface area contributed by atoms with E-state index < -0.39 is 0 Å². The van der Waals surface area contributed by atoms with Gasteiger partial charge in [0.1, 0.15) is 0 Å². The van der Waals surface area contributed by atoms with Crippen LogP contribution in [0.25, 0.3) is 0 Å². The van der Waals surface area contributed by atoms with Gasteiger partial charge in [0.25, 0.3) is 0 Å². The van der Waals surface area contributed by atoms with Crippen molar-refractivity contribution in [2.45, 2.75) is 44.7 Å². The molecule has 1 saturated carbocycles. The van der Waals surface area contributed by atoms with Gasteiger partial charge in [0.15, 0.2) is 0 Å². The van der Waals surface area contributed by atoms with Gasteiger partial charge in [-0.25, -0.2) is 0 Å². The topological polar surface area (TPSA) is 15.3 Å². The lowest BCUT2D eigenvalue weighted by Gasteiger charge is -2.30. The van der Waals surface area contributed by atoms with E-state index in [-0.39, 0.29) is 0 Å². The van der Waals surface area contributed by atoms with Crippen LogP contribution < -0.4 is 5.32 Å². The third-order valence-corrected chi connectivity index (χ3v) is 4.65. The molecule has 2 bridgehead atoms. The lowest BCUT2D eigenvalue weighted by atomic mass is 10.0. The molecule has 80 valence electrons. The van der Waals surface area contributed by atoms with Crippen LogP contribution in [-0.2, 0) is 0 Å². The molecule has 0 aromatic rings. The van der Waals surface area contributed by atoms with Crippen LogP contribution in [0, 0.1) is 11.8 Å². The number of hydrogen-bond donors (Lipinski definition) is 1. The van der Waals surface area contributed by atoms with Gasteiger partial charge in [0.2, 0.25) is 0 Å². The van der Waals surface area contributed by atoms with Crippen LogP contribution >= 0.6 is 0 Å². The molecule has 3 aliphatic rings. The minimum atomic E-state index is 0.786. The van der Waals surface area contributed by atoms with Gasteiger partial charge in [-0.05, 0) is 44.1 Å². The zero-order chi connectivity index (χ0) is 9.54. The van der Waals surface area contributed by atoms with E-state index in [1.54, 1.807) is 0 Å². The van der Waals surface area contributed by atoms with Crippen LogP contribution in [0.4, 0.5) is 0 Å². The van der Waals surface area contributed by atoms with E-state index in [1.807, 2.05) is 0 Å². The summed E-state index contributed by atoms with van der Waals surface area (Å²) in [6.07, 6.45) is 5.87. The monoisotopic (exact) mass is 194 g/mol. The molecule has 3 rings (SSSR count). The van der Waals surface area contributed by atoms with E-state index in [0.717, 1.165) is 23.9 Å². The molecule has 2 saturated heterocycles. The molecule has 0 aromatic carbocycles. The van der Waals surface area contributed by atoms with Crippen LogP contribution in [-0.4, -0.2) is 36.6 Å². The Balaban J connectivity index is 1.57. The average Bonchev–Trinajstić information content (AvgIpc) is 2.83. The fourth-order valence-electron chi connectivity index (χ4n) is 3.65. The van der Waals surface area contributed by atoms with E-state index in [4.69, 9.17) is 0 Å². The molecule has 1 aliphatic carbocycles. The molecular formula is C12H22N2. The quantitative estimate of drug-likeness (QED) is 0.716. The first-order chi connectivity index (χ1) is 6.83. The molecule has 2 aliphatic heterocycles. The molecule has 2 heteroatoms. The maximum Gasteiger partial charge on any atom is 0.0221 e. The van der Waals surface area contributed by atoms with E-state index >= 15 is 0 Å². The molecule has 4 atom stereocenters. The smallest absolute Gasteiger partial charge is 0.0221 e. The third-order valence-electron chi connectivity index (χ3n) is 4.65.